The van der Waals surface area contributed by atoms with Crippen LogP contribution in [0.15, 0.2) is 30.3 Å². The molecule has 0 bridgehead atoms. The number of ether oxygens (including phenoxy) is 1. The summed E-state index contributed by atoms with van der Waals surface area (Å²) in [5.74, 6) is -0.492. The quantitative estimate of drug-likeness (QED) is 0.803. The maximum atomic E-state index is 10.5. The standard InChI is InChI=1S/C11H11ClO3/c1-2-15-10-6-4-3-5-8(10)9(12)7-11(13)14/h3-7H,2H2,1H3,(H,13,14)/b9-7-. The van der Waals surface area contributed by atoms with Crippen molar-refractivity contribution < 1.29 is 14.6 Å². The van der Waals surface area contributed by atoms with Crippen molar-refractivity contribution in [1.82, 2.24) is 0 Å². The van der Waals surface area contributed by atoms with Gasteiger partial charge in [0, 0.05) is 11.6 Å². The number of carboxylic acid groups (broad SMARTS) is 1. The van der Waals surface area contributed by atoms with Crippen molar-refractivity contribution in [2.24, 2.45) is 0 Å². The highest BCUT2D eigenvalue weighted by Crippen LogP contribution is 2.28. The minimum Gasteiger partial charge on any atom is -0.493 e. The van der Waals surface area contributed by atoms with Gasteiger partial charge in [-0.05, 0) is 19.1 Å². The van der Waals surface area contributed by atoms with Crippen molar-refractivity contribution in [2.45, 2.75) is 6.92 Å². The third-order valence-corrected chi connectivity index (χ3v) is 2.01. The maximum absolute atomic E-state index is 10.5. The minimum absolute atomic E-state index is 0.159. The first-order chi connectivity index (χ1) is 7.15. The molecule has 0 heterocycles. The number of carbonyl (C=O) groups is 1. The lowest BCUT2D eigenvalue weighted by atomic mass is 10.2. The fraction of sp³-hybridized carbons (Fsp3) is 0.182. The second-order valence-electron chi connectivity index (χ2n) is 2.76. The average Bonchev–Trinajstić information content (AvgIpc) is 2.18. The summed E-state index contributed by atoms with van der Waals surface area (Å²) in [4.78, 5) is 10.5. The molecule has 0 aliphatic carbocycles. The summed E-state index contributed by atoms with van der Waals surface area (Å²) < 4.78 is 5.32. The molecule has 0 aliphatic heterocycles. The SMILES string of the molecule is CCOc1ccccc1/C(Cl)=C/C(=O)O. The van der Waals surface area contributed by atoms with Gasteiger partial charge in [-0.1, -0.05) is 23.7 Å². The van der Waals surface area contributed by atoms with Crippen molar-refractivity contribution in [3.8, 4) is 5.75 Å². The third-order valence-electron chi connectivity index (χ3n) is 1.69. The molecule has 0 atom stereocenters. The fourth-order valence-corrected chi connectivity index (χ4v) is 1.38. The Balaban J connectivity index is 3.07. The molecule has 15 heavy (non-hydrogen) atoms. The van der Waals surface area contributed by atoms with E-state index in [1.54, 1.807) is 24.3 Å². The van der Waals surface area contributed by atoms with Crippen molar-refractivity contribution in [3.63, 3.8) is 0 Å². The van der Waals surface area contributed by atoms with Gasteiger partial charge in [0.2, 0.25) is 0 Å². The van der Waals surface area contributed by atoms with Gasteiger partial charge in [0.25, 0.3) is 0 Å². The Kier molecular flexibility index (Phi) is 4.18. The molecule has 1 aromatic carbocycles. The van der Waals surface area contributed by atoms with Gasteiger partial charge in [0.15, 0.2) is 0 Å². The summed E-state index contributed by atoms with van der Waals surface area (Å²) in [7, 11) is 0. The van der Waals surface area contributed by atoms with Crippen LogP contribution >= 0.6 is 11.6 Å². The van der Waals surface area contributed by atoms with E-state index in [4.69, 9.17) is 21.4 Å². The zero-order valence-corrected chi connectivity index (χ0v) is 8.99. The molecular formula is C11H11ClO3. The molecule has 0 amide bonds. The van der Waals surface area contributed by atoms with Gasteiger partial charge in [-0.25, -0.2) is 4.79 Å². The lowest BCUT2D eigenvalue weighted by molar-refractivity contribution is -0.131. The molecule has 1 N–H and O–H groups in total. The van der Waals surface area contributed by atoms with Crippen molar-refractivity contribution in [2.75, 3.05) is 6.61 Å². The van der Waals surface area contributed by atoms with E-state index in [2.05, 4.69) is 0 Å². The summed E-state index contributed by atoms with van der Waals surface area (Å²) in [5.41, 5.74) is 0.586. The Hall–Kier alpha value is -1.48. The van der Waals surface area contributed by atoms with Crippen molar-refractivity contribution in [3.05, 3.63) is 35.9 Å². The Labute approximate surface area is 92.9 Å². The van der Waals surface area contributed by atoms with Crippen LogP contribution in [0.3, 0.4) is 0 Å². The van der Waals surface area contributed by atoms with E-state index in [-0.39, 0.29) is 5.03 Å². The molecule has 0 fully saturated rings. The molecule has 1 aromatic rings. The van der Waals surface area contributed by atoms with E-state index in [1.165, 1.54) is 0 Å². The summed E-state index contributed by atoms with van der Waals surface area (Å²) in [6.07, 6.45) is 0.944. The number of rotatable bonds is 4. The molecule has 0 radical (unpaired) electrons. The van der Waals surface area contributed by atoms with E-state index in [0.29, 0.717) is 17.9 Å². The number of hydrogen-bond acceptors (Lipinski definition) is 2. The van der Waals surface area contributed by atoms with E-state index in [1.807, 2.05) is 6.92 Å². The Bertz CT molecular complexity index is 385. The summed E-state index contributed by atoms with van der Waals surface area (Å²) in [5, 5.41) is 8.72. The van der Waals surface area contributed by atoms with Crippen LogP contribution in [0.25, 0.3) is 5.03 Å². The predicted octanol–water partition coefficient (Wildman–Crippen LogP) is 2.75. The number of halogens is 1. The lowest BCUT2D eigenvalue weighted by Gasteiger charge is -2.08. The number of aliphatic carboxylic acids is 1. The van der Waals surface area contributed by atoms with Crippen molar-refractivity contribution >= 4 is 22.6 Å². The molecule has 0 saturated heterocycles. The van der Waals surface area contributed by atoms with Crippen LogP contribution in [0.4, 0.5) is 0 Å². The summed E-state index contributed by atoms with van der Waals surface area (Å²) in [6, 6.07) is 7.04. The first-order valence-electron chi connectivity index (χ1n) is 4.47. The average molecular weight is 227 g/mol. The fourth-order valence-electron chi connectivity index (χ4n) is 1.13. The Morgan fingerprint density at radius 2 is 2.20 bits per heavy atom. The first kappa shape index (κ1) is 11.6. The summed E-state index contributed by atoms with van der Waals surface area (Å²) in [6.45, 7) is 2.36. The smallest absolute Gasteiger partial charge is 0.329 e. The second kappa shape index (κ2) is 5.41. The van der Waals surface area contributed by atoms with Crippen LogP contribution in [-0.2, 0) is 4.79 Å². The van der Waals surface area contributed by atoms with Gasteiger partial charge < -0.3 is 9.84 Å². The van der Waals surface area contributed by atoms with E-state index in [9.17, 15) is 4.79 Å². The van der Waals surface area contributed by atoms with Crippen LogP contribution in [0.1, 0.15) is 12.5 Å². The molecule has 0 spiro atoms. The monoisotopic (exact) mass is 226 g/mol. The maximum Gasteiger partial charge on any atom is 0.329 e. The number of para-hydroxylation sites is 1. The summed E-state index contributed by atoms with van der Waals surface area (Å²) >= 11 is 5.84. The van der Waals surface area contributed by atoms with Gasteiger partial charge in [-0.2, -0.15) is 0 Å². The lowest BCUT2D eigenvalue weighted by Crippen LogP contribution is -1.95. The molecular weight excluding hydrogens is 216 g/mol. The second-order valence-corrected chi connectivity index (χ2v) is 3.17. The van der Waals surface area contributed by atoms with Crippen LogP contribution in [0.2, 0.25) is 0 Å². The van der Waals surface area contributed by atoms with Crippen LogP contribution in [0, 0.1) is 0 Å². The zero-order chi connectivity index (χ0) is 11.3. The number of benzene rings is 1. The number of carboxylic acids is 1. The predicted molar refractivity (Wildman–Crippen MR) is 59.1 cm³/mol. The highest BCUT2D eigenvalue weighted by molar-refractivity contribution is 6.50. The van der Waals surface area contributed by atoms with E-state index in [0.717, 1.165) is 6.08 Å². The highest BCUT2D eigenvalue weighted by Gasteiger charge is 2.07. The number of hydrogen-bond donors (Lipinski definition) is 1. The highest BCUT2D eigenvalue weighted by atomic mass is 35.5. The third kappa shape index (κ3) is 3.29. The molecule has 4 heteroatoms. The van der Waals surface area contributed by atoms with Gasteiger partial charge in [-0.15, -0.1) is 0 Å². The molecule has 0 aromatic heterocycles. The van der Waals surface area contributed by atoms with Crippen LogP contribution in [-0.4, -0.2) is 17.7 Å². The molecule has 1 rings (SSSR count). The van der Waals surface area contributed by atoms with Gasteiger partial charge in [0.05, 0.1) is 11.6 Å². The van der Waals surface area contributed by atoms with Gasteiger partial charge in [-0.3, -0.25) is 0 Å². The van der Waals surface area contributed by atoms with Crippen LogP contribution in [0.5, 0.6) is 5.75 Å². The molecule has 0 unspecified atom stereocenters. The molecule has 0 aliphatic rings. The largest absolute Gasteiger partial charge is 0.493 e. The molecule has 0 saturated carbocycles. The zero-order valence-electron chi connectivity index (χ0n) is 8.24. The normalized spacial score (nSPS) is 11.2. The molecule has 80 valence electrons. The molecule has 3 nitrogen and oxygen atoms in total. The van der Waals surface area contributed by atoms with E-state index < -0.39 is 5.97 Å². The Morgan fingerprint density at radius 3 is 2.80 bits per heavy atom. The minimum atomic E-state index is -1.08. The van der Waals surface area contributed by atoms with E-state index >= 15 is 0 Å². The topological polar surface area (TPSA) is 46.5 Å². The first-order valence-corrected chi connectivity index (χ1v) is 4.85. The van der Waals surface area contributed by atoms with Gasteiger partial charge in [0.1, 0.15) is 5.75 Å². The Morgan fingerprint density at radius 1 is 1.53 bits per heavy atom. The van der Waals surface area contributed by atoms with Gasteiger partial charge >= 0.3 is 5.97 Å². The van der Waals surface area contributed by atoms with Crippen LogP contribution < -0.4 is 4.74 Å². The van der Waals surface area contributed by atoms with Crippen molar-refractivity contribution in [1.29, 1.82) is 0 Å².